The second-order valence-electron chi connectivity index (χ2n) is 2.43. The van der Waals surface area contributed by atoms with E-state index in [1.807, 2.05) is 4.68 Å². The molecule has 0 bridgehead atoms. The van der Waals surface area contributed by atoms with Gasteiger partial charge in [0.05, 0.1) is 0 Å². The summed E-state index contributed by atoms with van der Waals surface area (Å²) in [5.74, 6) is 0.556. The summed E-state index contributed by atoms with van der Waals surface area (Å²) in [6.45, 7) is 4.11. The molecule has 4 heteroatoms. The van der Waals surface area contributed by atoms with Gasteiger partial charge in [0.25, 0.3) is 0 Å². The fourth-order valence-electron chi connectivity index (χ4n) is 0.751. The first kappa shape index (κ1) is 7.60. The Balaban J connectivity index is 3.03. The lowest BCUT2D eigenvalue weighted by atomic mass is 10.4. The molecule has 10 heavy (non-hydrogen) atoms. The maximum atomic E-state index is 5.46. The van der Waals surface area contributed by atoms with E-state index in [1.165, 1.54) is 0 Å². The molecule has 0 aromatic carbocycles. The molecule has 0 saturated heterocycles. The molecule has 0 radical (unpaired) electrons. The summed E-state index contributed by atoms with van der Waals surface area (Å²) in [5.41, 5.74) is 5.46. The Labute approximate surface area is 68.3 Å². The van der Waals surface area contributed by atoms with Gasteiger partial charge >= 0.3 is 0 Å². The van der Waals surface area contributed by atoms with E-state index in [2.05, 4.69) is 34.9 Å². The Morgan fingerprint density at radius 2 is 2.30 bits per heavy atom. The van der Waals surface area contributed by atoms with Crippen LogP contribution in [0.25, 0.3) is 0 Å². The van der Waals surface area contributed by atoms with E-state index < -0.39 is 0 Å². The highest BCUT2D eigenvalue weighted by Crippen LogP contribution is 2.17. The number of rotatable bonds is 1. The maximum Gasteiger partial charge on any atom is 0.146 e. The molecule has 1 aromatic heterocycles. The molecule has 1 heterocycles. The van der Waals surface area contributed by atoms with Crippen molar-refractivity contribution in [3.05, 3.63) is 10.7 Å². The van der Waals surface area contributed by atoms with Crippen LogP contribution in [0, 0.1) is 0 Å². The maximum absolute atomic E-state index is 5.46. The molecule has 1 aromatic rings. The zero-order chi connectivity index (χ0) is 7.72. The number of nitrogen functional groups attached to an aromatic ring is 1. The van der Waals surface area contributed by atoms with Crippen LogP contribution in [0.4, 0.5) is 5.82 Å². The monoisotopic (exact) mass is 203 g/mol. The molecule has 0 atom stereocenters. The molecule has 0 amide bonds. The number of halogens is 1. The Bertz CT molecular complexity index is 229. The lowest BCUT2D eigenvalue weighted by Crippen LogP contribution is -2.03. The molecular weight excluding hydrogens is 194 g/mol. The smallest absolute Gasteiger partial charge is 0.146 e. The standard InChI is InChI=1S/C6H10BrN3/c1-4(2)10-5(7)3-6(8)9-10/h3-4H,1-2H3,(H2,8,9). The predicted octanol–water partition coefficient (Wildman–Crippen LogP) is 1.81. The van der Waals surface area contributed by atoms with E-state index >= 15 is 0 Å². The molecule has 56 valence electrons. The lowest BCUT2D eigenvalue weighted by Gasteiger charge is -2.05. The van der Waals surface area contributed by atoms with Crippen LogP contribution in [0.5, 0.6) is 0 Å². The second-order valence-corrected chi connectivity index (χ2v) is 3.24. The fourth-order valence-corrected chi connectivity index (χ4v) is 1.47. The van der Waals surface area contributed by atoms with Crippen molar-refractivity contribution in [3.8, 4) is 0 Å². The van der Waals surface area contributed by atoms with Crippen molar-refractivity contribution < 1.29 is 0 Å². The van der Waals surface area contributed by atoms with E-state index in [0.717, 1.165) is 4.60 Å². The molecule has 3 nitrogen and oxygen atoms in total. The quantitative estimate of drug-likeness (QED) is 0.757. The van der Waals surface area contributed by atoms with Gasteiger partial charge in [0, 0.05) is 12.1 Å². The number of aromatic nitrogens is 2. The van der Waals surface area contributed by atoms with Crippen molar-refractivity contribution in [1.29, 1.82) is 0 Å². The first-order valence-corrected chi connectivity index (χ1v) is 3.91. The molecule has 1 rings (SSSR count). The topological polar surface area (TPSA) is 43.8 Å². The summed E-state index contributed by atoms with van der Waals surface area (Å²) in [5, 5.41) is 4.06. The third-order valence-corrected chi connectivity index (χ3v) is 1.79. The van der Waals surface area contributed by atoms with E-state index in [9.17, 15) is 0 Å². The van der Waals surface area contributed by atoms with Gasteiger partial charge in [-0.2, -0.15) is 5.10 Å². The minimum absolute atomic E-state index is 0.353. The van der Waals surface area contributed by atoms with Gasteiger partial charge in [0.2, 0.25) is 0 Å². The summed E-state index contributed by atoms with van der Waals surface area (Å²) < 4.78 is 2.76. The molecule has 0 aliphatic carbocycles. The number of hydrogen-bond donors (Lipinski definition) is 1. The Hall–Kier alpha value is -0.510. The van der Waals surface area contributed by atoms with Gasteiger partial charge in [-0.3, -0.25) is 4.68 Å². The van der Waals surface area contributed by atoms with Crippen molar-refractivity contribution in [2.24, 2.45) is 0 Å². The normalized spacial score (nSPS) is 10.8. The molecule has 0 saturated carbocycles. The molecule has 0 fully saturated rings. The number of hydrogen-bond acceptors (Lipinski definition) is 2. The fraction of sp³-hybridized carbons (Fsp3) is 0.500. The van der Waals surface area contributed by atoms with Crippen LogP contribution in [-0.2, 0) is 0 Å². The number of anilines is 1. The third-order valence-electron chi connectivity index (χ3n) is 1.20. The summed E-state index contributed by atoms with van der Waals surface area (Å²) in [6.07, 6.45) is 0. The predicted molar refractivity (Wildman–Crippen MR) is 44.7 cm³/mol. The van der Waals surface area contributed by atoms with Crippen molar-refractivity contribution in [3.63, 3.8) is 0 Å². The Kier molecular flexibility index (Phi) is 1.99. The molecule has 2 N–H and O–H groups in total. The van der Waals surface area contributed by atoms with Gasteiger partial charge in [0.1, 0.15) is 10.4 Å². The Morgan fingerprint density at radius 3 is 2.50 bits per heavy atom. The van der Waals surface area contributed by atoms with Crippen molar-refractivity contribution >= 4 is 21.7 Å². The van der Waals surface area contributed by atoms with Crippen LogP contribution >= 0.6 is 15.9 Å². The van der Waals surface area contributed by atoms with Crippen LogP contribution in [0.1, 0.15) is 19.9 Å². The van der Waals surface area contributed by atoms with E-state index in [0.29, 0.717) is 11.9 Å². The van der Waals surface area contributed by atoms with Crippen LogP contribution in [0.15, 0.2) is 10.7 Å². The van der Waals surface area contributed by atoms with Crippen molar-refractivity contribution in [2.75, 3.05) is 5.73 Å². The summed E-state index contributed by atoms with van der Waals surface area (Å²) >= 11 is 3.34. The molecular formula is C6H10BrN3. The Morgan fingerprint density at radius 1 is 1.70 bits per heavy atom. The first-order valence-electron chi connectivity index (χ1n) is 3.12. The van der Waals surface area contributed by atoms with Gasteiger partial charge in [-0.25, -0.2) is 0 Å². The highest BCUT2D eigenvalue weighted by Gasteiger charge is 2.04. The summed E-state index contributed by atoms with van der Waals surface area (Å²) in [7, 11) is 0. The van der Waals surface area contributed by atoms with Gasteiger partial charge < -0.3 is 5.73 Å². The third kappa shape index (κ3) is 1.31. The van der Waals surface area contributed by atoms with Crippen LogP contribution in [0.2, 0.25) is 0 Å². The van der Waals surface area contributed by atoms with Crippen molar-refractivity contribution in [2.45, 2.75) is 19.9 Å². The first-order chi connectivity index (χ1) is 4.61. The van der Waals surface area contributed by atoms with E-state index in [4.69, 9.17) is 5.73 Å². The highest BCUT2D eigenvalue weighted by molar-refractivity contribution is 9.10. The van der Waals surface area contributed by atoms with Crippen LogP contribution < -0.4 is 5.73 Å². The second kappa shape index (κ2) is 2.62. The number of nitrogens with zero attached hydrogens (tertiary/aromatic N) is 2. The zero-order valence-electron chi connectivity index (χ0n) is 6.00. The van der Waals surface area contributed by atoms with E-state index in [-0.39, 0.29) is 0 Å². The molecule has 0 aliphatic heterocycles. The number of nitrogens with two attached hydrogens (primary N) is 1. The van der Waals surface area contributed by atoms with E-state index in [1.54, 1.807) is 6.07 Å². The summed E-state index contributed by atoms with van der Waals surface area (Å²) in [4.78, 5) is 0. The van der Waals surface area contributed by atoms with Crippen LogP contribution in [0.3, 0.4) is 0 Å². The molecule has 0 spiro atoms. The average molecular weight is 204 g/mol. The van der Waals surface area contributed by atoms with Crippen LogP contribution in [-0.4, -0.2) is 9.78 Å². The van der Waals surface area contributed by atoms with Crippen molar-refractivity contribution in [1.82, 2.24) is 9.78 Å². The minimum Gasteiger partial charge on any atom is -0.382 e. The van der Waals surface area contributed by atoms with Gasteiger partial charge in [0.15, 0.2) is 0 Å². The highest BCUT2D eigenvalue weighted by atomic mass is 79.9. The lowest BCUT2D eigenvalue weighted by molar-refractivity contribution is 0.524. The SMILES string of the molecule is CC(C)n1nc(N)cc1Br. The molecule has 0 aliphatic rings. The minimum atomic E-state index is 0.353. The average Bonchev–Trinajstić information content (AvgIpc) is 2.10. The summed E-state index contributed by atoms with van der Waals surface area (Å²) in [6, 6.07) is 2.15. The largest absolute Gasteiger partial charge is 0.382 e. The van der Waals surface area contributed by atoms with Gasteiger partial charge in [-0.05, 0) is 29.8 Å². The zero-order valence-corrected chi connectivity index (χ0v) is 7.59. The van der Waals surface area contributed by atoms with Gasteiger partial charge in [-0.1, -0.05) is 0 Å². The van der Waals surface area contributed by atoms with Gasteiger partial charge in [-0.15, -0.1) is 0 Å². The molecule has 0 unspecified atom stereocenters.